The molecule has 1 unspecified atom stereocenters. The molecule has 0 aliphatic rings. The summed E-state index contributed by atoms with van der Waals surface area (Å²) < 4.78 is -0.185. The van der Waals surface area contributed by atoms with E-state index < -0.39 is 0 Å². The highest BCUT2D eigenvalue weighted by molar-refractivity contribution is 14.1. The Hall–Kier alpha value is -0.460. The summed E-state index contributed by atoms with van der Waals surface area (Å²) in [6, 6.07) is 0. The number of alkyl halides is 1. The summed E-state index contributed by atoms with van der Waals surface area (Å²) in [6.07, 6.45) is 3.24. The van der Waals surface area contributed by atoms with Crippen molar-refractivity contribution in [1.82, 2.24) is 10.6 Å². The van der Waals surface area contributed by atoms with E-state index in [4.69, 9.17) is 5.73 Å². The average molecular weight is 296 g/mol. The van der Waals surface area contributed by atoms with E-state index in [-0.39, 0.29) is 3.55 Å². The van der Waals surface area contributed by atoms with Crippen LogP contribution in [-0.4, -0.2) is 23.5 Å². The van der Waals surface area contributed by atoms with Crippen LogP contribution in [0.1, 0.15) is 13.8 Å². The first-order valence-corrected chi connectivity index (χ1v) is 5.12. The number of nitrogens with one attached hydrogen (secondary N) is 2. The highest BCUT2D eigenvalue weighted by Crippen LogP contribution is 2.17. The van der Waals surface area contributed by atoms with E-state index in [2.05, 4.69) is 38.2 Å². The Labute approximate surface area is 93.2 Å². The molecule has 76 valence electrons. The van der Waals surface area contributed by atoms with E-state index in [9.17, 15) is 0 Å². The normalized spacial score (nSPS) is 17.1. The van der Waals surface area contributed by atoms with E-state index in [1.165, 1.54) is 6.34 Å². The largest absolute Gasteiger partial charge is 0.393 e. The number of allylic oxidation sites excluding steroid dienone is 1. The first kappa shape index (κ1) is 12.5. The van der Waals surface area contributed by atoms with Gasteiger partial charge in [-0.2, -0.15) is 0 Å². The molecule has 0 aliphatic heterocycles. The smallest absolute Gasteiger partial charge is 0.127 e. The van der Waals surface area contributed by atoms with Crippen LogP contribution < -0.4 is 16.4 Å². The van der Waals surface area contributed by atoms with E-state index in [1.54, 1.807) is 0 Å². The fourth-order valence-electron chi connectivity index (χ4n) is 0.769. The Kier molecular flexibility index (Phi) is 5.85. The zero-order valence-corrected chi connectivity index (χ0v) is 10.4. The zero-order chi connectivity index (χ0) is 10.3. The number of hydrogen-bond donors (Lipinski definition) is 3. The summed E-state index contributed by atoms with van der Waals surface area (Å²) in [6.45, 7) is 4.76. The van der Waals surface area contributed by atoms with Crippen LogP contribution in [0.15, 0.2) is 16.9 Å². The molecule has 0 aromatic heterocycles. The maximum Gasteiger partial charge on any atom is 0.127 e. The molecule has 0 fully saturated rings. The van der Waals surface area contributed by atoms with E-state index in [0.717, 1.165) is 12.2 Å². The number of nitrogens with zero attached hydrogens (tertiary/aromatic N) is 1. The third kappa shape index (κ3) is 6.68. The number of hydrogen-bond acceptors (Lipinski definition) is 3. The average Bonchev–Trinajstić information content (AvgIpc) is 2.02. The molecule has 0 saturated carbocycles. The van der Waals surface area contributed by atoms with Crippen molar-refractivity contribution in [1.29, 1.82) is 0 Å². The minimum absolute atomic E-state index is 0.185. The van der Waals surface area contributed by atoms with Gasteiger partial charge in [-0.3, -0.25) is 4.99 Å². The minimum atomic E-state index is -0.185. The van der Waals surface area contributed by atoms with Gasteiger partial charge in [0.25, 0.3) is 0 Å². The Balaban J connectivity index is 3.94. The van der Waals surface area contributed by atoms with Gasteiger partial charge in [0.05, 0.1) is 6.34 Å². The molecule has 0 aliphatic carbocycles. The number of halogens is 1. The molecule has 4 nitrogen and oxygen atoms in total. The second-order valence-corrected chi connectivity index (χ2v) is 5.21. The highest BCUT2D eigenvalue weighted by Gasteiger charge is 2.16. The molecule has 0 rings (SSSR count). The molecule has 0 aromatic carbocycles. The van der Waals surface area contributed by atoms with Crippen LogP contribution in [0.3, 0.4) is 0 Å². The van der Waals surface area contributed by atoms with E-state index in [1.807, 2.05) is 27.1 Å². The van der Waals surface area contributed by atoms with Gasteiger partial charge in [-0.05, 0) is 13.8 Å². The van der Waals surface area contributed by atoms with Gasteiger partial charge >= 0.3 is 0 Å². The maximum absolute atomic E-state index is 5.23. The third-order valence-electron chi connectivity index (χ3n) is 1.39. The molecule has 1 atom stereocenters. The molecule has 5 heteroatoms. The molecule has 0 aromatic rings. The molecule has 0 bridgehead atoms. The summed E-state index contributed by atoms with van der Waals surface area (Å²) in [4.78, 5) is 4.12. The number of rotatable bonds is 5. The molecular formula is C8H17IN4. The predicted octanol–water partition coefficient (Wildman–Crippen LogP) is 0.795. The monoisotopic (exact) mass is 296 g/mol. The lowest BCUT2D eigenvalue weighted by molar-refractivity contribution is 0.645. The fourth-order valence-corrected chi connectivity index (χ4v) is 1.12. The molecule has 0 amide bonds. The second-order valence-electron chi connectivity index (χ2n) is 2.89. The second kappa shape index (κ2) is 6.06. The van der Waals surface area contributed by atoms with Crippen LogP contribution in [-0.2, 0) is 0 Å². The number of nitrogens with two attached hydrogens (primary N) is 1. The van der Waals surface area contributed by atoms with Crippen molar-refractivity contribution in [3.05, 3.63) is 11.9 Å². The van der Waals surface area contributed by atoms with Crippen molar-refractivity contribution in [2.24, 2.45) is 10.7 Å². The summed E-state index contributed by atoms with van der Waals surface area (Å²) in [5.41, 5.74) is 6.31. The van der Waals surface area contributed by atoms with Crippen molar-refractivity contribution in [3.63, 3.8) is 0 Å². The van der Waals surface area contributed by atoms with Crippen molar-refractivity contribution in [2.75, 3.05) is 13.6 Å². The van der Waals surface area contributed by atoms with E-state index in [0.29, 0.717) is 0 Å². The van der Waals surface area contributed by atoms with Gasteiger partial charge in [0, 0.05) is 25.5 Å². The van der Waals surface area contributed by atoms with Gasteiger partial charge in [0.2, 0.25) is 0 Å². The Bertz CT molecular complexity index is 198. The lowest BCUT2D eigenvalue weighted by atomic mass is 10.3. The van der Waals surface area contributed by atoms with Crippen LogP contribution in [0.5, 0.6) is 0 Å². The SMILES string of the molecule is CN/C=C(\C)NCC(C)(I)N=CN. The molecule has 0 heterocycles. The molecule has 0 radical (unpaired) electrons. The Morgan fingerprint density at radius 3 is 2.77 bits per heavy atom. The quantitative estimate of drug-likeness (QED) is 0.231. The predicted molar refractivity (Wildman–Crippen MR) is 65.9 cm³/mol. The highest BCUT2D eigenvalue weighted by atomic mass is 127. The van der Waals surface area contributed by atoms with Gasteiger partial charge in [-0.25, -0.2) is 0 Å². The van der Waals surface area contributed by atoms with Crippen LogP contribution in [0.4, 0.5) is 0 Å². The zero-order valence-electron chi connectivity index (χ0n) is 8.26. The third-order valence-corrected chi connectivity index (χ3v) is 2.05. The van der Waals surface area contributed by atoms with Crippen molar-refractivity contribution in [3.8, 4) is 0 Å². The van der Waals surface area contributed by atoms with Crippen molar-refractivity contribution < 1.29 is 0 Å². The molecule has 0 spiro atoms. The van der Waals surface area contributed by atoms with Crippen molar-refractivity contribution >= 4 is 28.9 Å². The van der Waals surface area contributed by atoms with Gasteiger partial charge in [-0.15, -0.1) is 0 Å². The molecule has 13 heavy (non-hydrogen) atoms. The summed E-state index contributed by atoms with van der Waals surface area (Å²) >= 11 is 2.25. The lowest BCUT2D eigenvalue weighted by Crippen LogP contribution is -2.30. The molecular weight excluding hydrogens is 279 g/mol. The van der Waals surface area contributed by atoms with Gasteiger partial charge in [-0.1, -0.05) is 22.6 Å². The van der Waals surface area contributed by atoms with Gasteiger partial charge < -0.3 is 16.4 Å². The maximum atomic E-state index is 5.23. The molecule has 4 N–H and O–H groups in total. The minimum Gasteiger partial charge on any atom is -0.393 e. The van der Waals surface area contributed by atoms with Crippen LogP contribution in [0, 0.1) is 0 Å². The first-order chi connectivity index (χ1) is 6.02. The van der Waals surface area contributed by atoms with E-state index >= 15 is 0 Å². The van der Waals surface area contributed by atoms with Gasteiger partial charge in [0.1, 0.15) is 3.55 Å². The Morgan fingerprint density at radius 1 is 1.69 bits per heavy atom. The number of aliphatic imine (C=N–C) groups is 1. The van der Waals surface area contributed by atoms with Crippen LogP contribution in [0.25, 0.3) is 0 Å². The lowest BCUT2D eigenvalue weighted by Gasteiger charge is -2.18. The Morgan fingerprint density at radius 2 is 2.31 bits per heavy atom. The topological polar surface area (TPSA) is 62.4 Å². The van der Waals surface area contributed by atoms with Crippen LogP contribution >= 0.6 is 22.6 Å². The molecule has 0 saturated heterocycles. The summed E-state index contributed by atoms with van der Waals surface area (Å²) in [7, 11) is 1.87. The standard InChI is InChI=1S/C8H17IN4/c1-7(4-11-3)12-5-8(2,9)13-6-10/h4,6,11-12H,5H2,1-3H3,(H2,10,13)/b7-4+. The summed E-state index contributed by atoms with van der Waals surface area (Å²) in [5, 5.41) is 6.18. The summed E-state index contributed by atoms with van der Waals surface area (Å²) in [5.74, 6) is 0. The fraction of sp³-hybridized carbons (Fsp3) is 0.625. The van der Waals surface area contributed by atoms with Gasteiger partial charge in [0.15, 0.2) is 0 Å². The first-order valence-electron chi connectivity index (χ1n) is 4.04. The van der Waals surface area contributed by atoms with Crippen molar-refractivity contribution in [2.45, 2.75) is 17.4 Å². The van der Waals surface area contributed by atoms with Crippen LogP contribution in [0.2, 0.25) is 0 Å².